The van der Waals surface area contributed by atoms with Gasteiger partial charge in [-0.15, -0.1) is 0 Å². The highest BCUT2D eigenvalue weighted by molar-refractivity contribution is 6.40. The number of nitrogens with one attached hydrogen (secondary N) is 2. The average molecular weight is 365 g/mol. The van der Waals surface area contributed by atoms with Crippen LogP contribution in [0.2, 0.25) is 5.02 Å². The number of carbonyl (C=O) groups is 2. The van der Waals surface area contributed by atoms with Gasteiger partial charge >= 0.3 is 11.8 Å². The Morgan fingerprint density at radius 1 is 1.16 bits per heavy atom. The number of halogens is 1. The lowest BCUT2D eigenvalue weighted by Gasteiger charge is -2.39. The molecule has 0 saturated heterocycles. The minimum atomic E-state index is -0.638. The molecule has 2 N–H and O–H groups in total. The van der Waals surface area contributed by atoms with Gasteiger partial charge in [0.15, 0.2) is 0 Å². The van der Waals surface area contributed by atoms with E-state index < -0.39 is 11.8 Å². The van der Waals surface area contributed by atoms with E-state index in [4.69, 9.17) is 11.6 Å². The minimum absolute atomic E-state index is 0.0858. The Balaban J connectivity index is 1.86. The van der Waals surface area contributed by atoms with Crippen LogP contribution in [0.1, 0.15) is 58.4 Å². The van der Waals surface area contributed by atoms with E-state index >= 15 is 0 Å². The molecule has 4 nitrogen and oxygen atoms in total. The Kier molecular flexibility index (Phi) is 6.50. The van der Waals surface area contributed by atoms with Gasteiger partial charge in [-0.05, 0) is 61.6 Å². The van der Waals surface area contributed by atoms with Gasteiger partial charge in [-0.3, -0.25) is 9.59 Å². The van der Waals surface area contributed by atoms with Crippen molar-refractivity contribution in [3.63, 3.8) is 0 Å². The van der Waals surface area contributed by atoms with Crippen LogP contribution < -0.4 is 10.6 Å². The van der Waals surface area contributed by atoms with E-state index in [1.54, 1.807) is 18.2 Å². The maximum absolute atomic E-state index is 12.2. The summed E-state index contributed by atoms with van der Waals surface area (Å²) < 4.78 is 0. The molecule has 0 heterocycles. The van der Waals surface area contributed by atoms with Gasteiger partial charge in [-0.1, -0.05) is 44.9 Å². The topological polar surface area (TPSA) is 58.2 Å². The fraction of sp³-hybridized carbons (Fsp3) is 0.600. The molecule has 1 saturated carbocycles. The van der Waals surface area contributed by atoms with Crippen molar-refractivity contribution in [3.05, 3.63) is 28.8 Å². The van der Waals surface area contributed by atoms with Crippen molar-refractivity contribution in [2.75, 3.05) is 5.32 Å². The zero-order valence-corrected chi connectivity index (χ0v) is 16.4. The summed E-state index contributed by atoms with van der Waals surface area (Å²) in [6, 6.07) is 5.33. The van der Waals surface area contributed by atoms with E-state index in [2.05, 4.69) is 31.4 Å². The molecule has 0 radical (unpaired) electrons. The first-order valence-corrected chi connectivity index (χ1v) is 9.49. The fourth-order valence-corrected chi connectivity index (χ4v) is 3.66. The second kappa shape index (κ2) is 8.22. The zero-order chi connectivity index (χ0) is 18.6. The number of hydrogen-bond donors (Lipinski definition) is 2. The summed E-state index contributed by atoms with van der Waals surface area (Å²) in [7, 11) is 0. The molecule has 1 aliphatic carbocycles. The highest BCUT2D eigenvalue weighted by Gasteiger charge is 2.32. The third-order valence-corrected chi connectivity index (χ3v) is 6.21. The van der Waals surface area contributed by atoms with Gasteiger partial charge in [-0.25, -0.2) is 0 Å². The summed E-state index contributed by atoms with van der Waals surface area (Å²) in [5.74, 6) is -0.521. The first kappa shape index (κ1) is 19.8. The molecule has 0 aromatic heterocycles. The second-order valence-corrected chi connectivity index (χ2v) is 8.14. The van der Waals surface area contributed by atoms with E-state index in [1.165, 1.54) is 0 Å². The summed E-state index contributed by atoms with van der Waals surface area (Å²) in [5.41, 5.74) is 1.67. The normalized spacial score (nSPS) is 20.8. The molecular formula is C20H29ClN2O2. The molecule has 1 aliphatic rings. The van der Waals surface area contributed by atoms with Gasteiger partial charge in [-0.2, -0.15) is 0 Å². The molecule has 1 aromatic rings. The monoisotopic (exact) mass is 364 g/mol. The maximum Gasteiger partial charge on any atom is 0.313 e. The van der Waals surface area contributed by atoms with Gasteiger partial charge in [0.1, 0.15) is 0 Å². The Bertz CT molecular complexity index is 635. The smallest absolute Gasteiger partial charge is 0.313 e. The Morgan fingerprint density at radius 2 is 1.80 bits per heavy atom. The molecule has 1 fully saturated rings. The summed E-state index contributed by atoms with van der Waals surface area (Å²) in [4.78, 5) is 24.3. The van der Waals surface area contributed by atoms with Crippen LogP contribution in [-0.2, 0) is 9.59 Å². The second-order valence-electron chi connectivity index (χ2n) is 7.73. The van der Waals surface area contributed by atoms with Crippen LogP contribution in [0, 0.1) is 18.3 Å². The number of benzene rings is 1. The molecule has 5 heteroatoms. The van der Waals surface area contributed by atoms with Crippen LogP contribution in [0.3, 0.4) is 0 Å². The molecule has 0 bridgehead atoms. The van der Waals surface area contributed by atoms with Crippen molar-refractivity contribution in [1.82, 2.24) is 5.32 Å². The van der Waals surface area contributed by atoms with Crippen LogP contribution in [0.4, 0.5) is 5.69 Å². The van der Waals surface area contributed by atoms with Crippen LogP contribution in [0.15, 0.2) is 18.2 Å². The first-order valence-electron chi connectivity index (χ1n) is 9.11. The fourth-order valence-electron chi connectivity index (χ4n) is 3.48. The minimum Gasteiger partial charge on any atom is -0.345 e. The molecule has 0 spiro atoms. The SMILES string of the molecule is CCC(C)(C)C1CCC(NC(=O)C(=O)Nc2cccc(Cl)c2C)CC1. The highest BCUT2D eigenvalue weighted by Crippen LogP contribution is 2.40. The molecular weight excluding hydrogens is 336 g/mol. The lowest BCUT2D eigenvalue weighted by molar-refractivity contribution is -0.136. The quantitative estimate of drug-likeness (QED) is 0.761. The highest BCUT2D eigenvalue weighted by atomic mass is 35.5. The Hall–Kier alpha value is -1.55. The Morgan fingerprint density at radius 3 is 2.40 bits per heavy atom. The van der Waals surface area contributed by atoms with Crippen molar-refractivity contribution in [2.24, 2.45) is 11.3 Å². The van der Waals surface area contributed by atoms with Gasteiger partial charge in [0.05, 0.1) is 0 Å². The number of amides is 2. The average Bonchev–Trinajstić information content (AvgIpc) is 2.59. The number of anilines is 1. The van der Waals surface area contributed by atoms with Gasteiger partial charge < -0.3 is 10.6 Å². The van der Waals surface area contributed by atoms with Gasteiger partial charge in [0.25, 0.3) is 0 Å². The summed E-state index contributed by atoms with van der Waals surface area (Å²) >= 11 is 6.04. The van der Waals surface area contributed by atoms with E-state index in [-0.39, 0.29) is 6.04 Å². The van der Waals surface area contributed by atoms with Crippen LogP contribution in [0.25, 0.3) is 0 Å². The lowest BCUT2D eigenvalue weighted by Crippen LogP contribution is -2.44. The lowest BCUT2D eigenvalue weighted by atomic mass is 9.69. The van der Waals surface area contributed by atoms with E-state index in [0.29, 0.717) is 22.0 Å². The number of hydrogen-bond acceptors (Lipinski definition) is 2. The van der Waals surface area contributed by atoms with E-state index in [9.17, 15) is 9.59 Å². The van der Waals surface area contributed by atoms with Crippen molar-refractivity contribution >= 4 is 29.1 Å². The van der Waals surface area contributed by atoms with Crippen LogP contribution >= 0.6 is 11.6 Å². The number of rotatable bonds is 4. The van der Waals surface area contributed by atoms with Crippen molar-refractivity contribution in [3.8, 4) is 0 Å². The molecule has 1 aromatic carbocycles. The van der Waals surface area contributed by atoms with Crippen molar-refractivity contribution < 1.29 is 9.59 Å². The standard InChI is InChI=1S/C20H29ClN2O2/c1-5-20(3,4)14-9-11-15(12-10-14)22-18(24)19(25)23-17-8-6-7-16(21)13(17)2/h6-8,14-15H,5,9-12H2,1-4H3,(H,22,24)(H,23,25). The van der Waals surface area contributed by atoms with Gasteiger partial charge in [0, 0.05) is 16.8 Å². The maximum atomic E-state index is 12.2. The largest absolute Gasteiger partial charge is 0.345 e. The van der Waals surface area contributed by atoms with E-state index in [1.807, 2.05) is 6.92 Å². The first-order chi connectivity index (χ1) is 11.7. The molecule has 2 rings (SSSR count). The van der Waals surface area contributed by atoms with Gasteiger partial charge in [0.2, 0.25) is 0 Å². The van der Waals surface area contributed by atoms with Crippen molar-refractivity contribution in [1.29, 1.82) is 0 Å². The zero-order valence-electron chi connectivity index (χ0n) is 15.6. The van der Waals surface area contributed by atoms with Crippen LogP contribution in [0.5, 0.6) is 0 Å². The third-order valence-electron chi connectivity index (χ3n) is 5.80. The third kappa shape index (κ3) is 4.97. The molecule has 25 heavy (non-hydrogen) atoms. The van der Waals surface area contributed by atoms with E-state index in [0.717, 1.165) is 37.7 Å². The Labute approximate surface area is 155 Å². The molecule has 2 amide bonds. The summed E-state index contributed by atoms with van der Waals surface area (Å²) in [5, 5.41) is 6.09. The predicted octanol–water partition coefficient (Wildman–Crippen LogP) is 4.70. The summed E-state index contributed by atoms with van der Waals surface area (Å²) in [6.07, 6.45) is 5.23. The number of carbonyl (C=O) groups excluding carboxylic acids is 2. The molecule has 0 aliphatic heterocycles. The molecule has 0 unspecified atom stereocenters. The van der Waals surface area contributed by atoms with Crippen molar-refractivity contribution in [2.45, 2.75) is 65.8 Å². The molecule has 138 valence electrons. The molecule has 0 atom stereocenters. The predicted molar refractivity (Wildman–Crippen MR) is 103 cm³/mol. The summed E-state index contributed by atoms with van der Waals surface area (Å²) in [6.45, 7) is 8.68. The van der Waals surface area contributed by atoms with Crippen LogP contribution in [-0.4, -0.2) is 17.9 Å².